The summed E-state index contributed by atoms with van der Waals surface area (Å²) in [7, 11) is 0. The molecule has 28 heavy (non-hydrogen) atoms. The van der Waals surface area contributed by atoms with Gasteiger partial charge >= 0.3 is 0 Å². The Balaban J connectivity index is 1.80. The van der Waals surface area contributed by atoms with Crippen LogP contribution in [-0.4, -0.2) is 29.1 Å². The Morgan fingerprint density at radius 1 is 0.964 bits per heavy atom. The lowest BCUT2D eigenvalue weighted by atomic mass is 10.2. The fourth-order valence-corrected chi connectivity index (χ4v) is 3.90. The standard InChI is InChI=1S/C20H14Cl2N6/c1-11-12(2)28(16-5-3-4-8-23-16)19-17(11)20-25-18(26-27(20)10-24-19)14-7-6-13(21)9-15(14)22/h3-10H,1-2H3. The number of fused-ring (bicyclic) bond motifs is 3. The fraction of sp³-hybridized carbons (Fsp3) is 0.100. The molecule has 4 heterocycles. The first-order valence-electron chi connectivity index (χ1n) is 8.64. The first-order valence-corrected chi connectivity index (χ1v) is 9.40. The van der Waals surface area contributed by atoms with E-state index in [1.165, 1.54) is 0 Å². The van der Waals surface area contributed by atoms with Crippen LogP contribution in [-0.2, 0) is 0 Å². The lowest BCUT2D eigenvalue weighted by Gasteiger charge is -2.05. The molecule has 8 heteroatoms. The number of halogens is 2. The predicted molar refractivity (Wildman–Crippen MR) is 110 cm³/mol. The Kier molecular flexibility index (Phi) is 3.86. The quantitative estimate of drug-likeness (QED) is 0.409. The van der Waals surface area contributed by atoms with E-state index in [1.807, 2.05) is 28.8 Å². The van der Waals surface area contributed by atoms with Gasteiger partial charge in [-0.05, 0) is 49.7 Å². The largest absolute Gasteiger partial charge is 0.282 e. The van der Waals surface area contributed by atoms with Gasteiger partial charge in [0.1, 0.15) is 12.1 Å². The van der Waals surface area contributed by atoms with Crippen molar-refractivity contribution in [1.29, 1.82) is 0 Å². The summed E-state index contributed by atoms with van der Waals surface area (Å²) in [5, 5.41) is 6.58. The third kappa shape index (κ3) is 2.49. The lowest BCUT2D eigenvalue weighted by Crippen LogP contribution is -2.01. The number of aromatic nitrogens is 6. The van der Waals surface area contributed by atoms with Gasteiger partial charge in [-0.25, -0.2) is 19.5 Å². The maximum Gasteiger partial charge on any atom is 0.183 e. The smallest absolute Gasteiger partial charge is 0.183 e. The van der Waals surface area contributed by atoms with Crippen molar-refractivity contribution in [3.8, 4) is 17.2 Å². The second-order valence-electron chi connectivity index (χ2n) is 6.50. The van der Waals surface area contributed by atoms with Gasteiger partial charge in [-0.3, -0.25) is 4.57 Å². The summed E-state index contributed by atoms with van der Waals surface area (Å²) in [4.78, 5) is 13.9. The van der Waals surface area contributed by atoms with Gasteiger partial charge in [0.2, 0.25) is 0 Å². The number of hydrogen-bond donors (Lipinski definition) is 0. The molecule has 4 aromatic heterocycles. The van der Waals surface area contributed by atoms with Crippen LogP contribution >= 0.6 is 23.2 Å². The van der Waals surface area contributed by atoms with E-state index in [1.54, 1.807) is 29.2 Å². The van der Waals surface area contributed by atoms with Gasteiger partial charge in [-0.2, -0.15) is 0 Å². The minimum Gasteiger partial charge on any atom is -0.282 e. The second kappa shape index (κ2) is 6.29. The van der Waals surface area contributed by atoms with Crippen LogP contribution in [0.15, 0.2) is 48.9 Å². The molecule has 6 nitrogen and oxygen atoms in total. The highest BCUT2D eigenvalue weighted by Gasteiger charge is 2.20. The molecule has 5 rings (SSSR count). The second-order valence-corrected chi connectivity index (χ2v) is 7.35. The number of nitrogens with zero attached hydrogens (tertiary/aromatic N) is 6. The van der Waals surface area contributed by atoms with Crippen molar-refractivity contribution in [2.75, 3.05) is 0 Å². The van der Waals surface area contributed by atoms with E-state index in [9.17, 15) is 0 Å². The third-order valence-corrected chi connectivity index (χ3v) is 5.43. The first kappa shape index (κ1) is 17.2. The van der Waals surface area contributed by atoms with Crippen LogP contribution in [0.4, 0.5) is 0 Å². The minimum absolute atomic E-state index is 0.506. The highest BCUT2D eigenvalue weighted by molar-refractivity contribution is 6.36. The zero-order valence-electron chi connectivity index (χ0n) is 15.1. The molecule has 0 saturated carbocycles. The SMILES string of the molecule is Cc1c(C)n(-c2ccccn2)c2ncn3nc(-c4ccc(Cl)cc4Cl)nc3c12. The lowest BCUT2D eigenvalue weighted by molar-refractivity contribution is 0.919. The summed E-state index contributed by atoms with van der Waals surface area (Å²) in [5.41, 5.74) is 4.38. The zero-order valence-corrected chi connectivity index (χ0v) is 16.6. The highest BCUT2D eigenvalue weighted by atomic mass is 35.5. The molecule has 5 aromatic rings. The van der Waals surface area contributed by atoms with Crippen LogP contribution in [0, 0.1) is 13.8 Å². The Bertz CT molecular complexity index is 1350. The van der Waals surface area contributed by atoms with Gasteiger partial charge in [0.05, 0.1) is 10.4 Å². The molecular weight excluding hydrogens is 395 g/mol. The van der Waals surface area contributed by atoms with Crippen molar-refractivity contribution in [1.82, 2.24) is 29.1 Å². The fourth-order valence-electron chi connectivity index (χ4n) is 3.41. The molecule has 0 aliphatic carbocycles. The Morgan fingerprint density at radius 2 is 1.82 bits per heavy atom. The van der Waals surface area contributed by atoms with Crippen LogP contribution in [0.1, 0.15) is 11.3 Å². The molecule has 0 atom stereocenters. The molecule has 0 aliphatic rings. The summed E-state index contributed by atoms with van der Waals surface area (Å²) in [6, 6.07) is 11.1. The first-order chi connectivity index (χ1) is 13.5. The van der Waals surface area contributed by atoms with E-state index < -0.39 is 0 Å². The van der Waals surface area contributed by atoms with Gasteiger partial charge in [0.25, 0.3) is 0 Å². The number of pyridine rings is 1. The molecule has 0 aliphatic heterocycles. The van der Waals surface area contributed by atoms with Gasteiger partial charge < -0.3 is 0 Å². The topological polar surface area (TPSA) is 60.9 Å². The van der Waals surface area contributed by atoms with Crippen molar-refractivity contribution in [2.24, 2.45) is 0 Å². The minimum atomic E-state index is 0.506. The van der Waals surface area contributed by atoms with Crippen LogP contribution in [0.5, 0.6) is 0 Å². The Labute approximate surface area is 170 Å². The number of rotatable bonds is 2. The van der Waals surface area contributed by atoms with E-state index in [4.69, 9.17) is 28.2 Å². The maximum atomic E-state index is 6.35. The molecule has 0 spiro atoms. The monoisotopic (exact) mass is 408 g/mol. The molecule has 0 fully saturated rings. The zero-order chi connectivity index (χ0) is 19.4. The summed E-state index contributed by atoms with van der Waals surface area (Å²) in [6.07, 6.45) is 3.43. The highest BCUT2D eigenvalue weighted by Crippen LogP contribution is 2.32. The number of benzene rings is 1. The maximum absolute atomic E-state index is 6.35. The van der Waals surface area contributed by atoms with E-state index >= 15 is 0 Å². The van der Waals surface area contributed by atoms with E-state index in [0.717, 1.165) is 39.3 Å². The van der Waals surface area contributed by atoms with Gasteiger partial charge in [-0.1, -0.05) is 29.3 Å². The van der Waals surface area contributed by atoms with Gasteiger partial charge in [-0.15, -0.1) is 5.10 Å². The van der Waals surface area contributed by atoms with Crippen molar-refractivity contribution < 1.29 is 0 Å². The predicted octanol–water partition coefficient (Wildman–Crippen LogP) is 5.05. The average molecular weight is 409 g/mol. The number of hydrogen-bond acceptors (Lipinski definition) is 4. The third-order valence-electron chi connectivity index (χ3n) is 4.88. The van der Waals surface area contributed by atoms with Gasteiger partial charge in [0.15, 0.2) is 17.1 Å². The summed E-state index contributed by atoms with van der Waals surface area (Å²) >= 11 is 12.4. The molecule has 1 aromatic carbocycles. The van der Waals surface area contributed by atoms with Crippen LogP contribution in [0.3, 0.4) is 0 Å². The molecule has 0 radical (unpaired) electrons. The molecular formula is C20H14Cl2N6. The van der Waals surface area contributed by atoms with Crippen molar-refractivity contribution >= 4 is 39.9 Å². The average Bonchev–Trinajstić information content (AvgIpc) is 3.22. The van der Waals surface area contributed by atoms with E-state index in [-0.39, 0.29) is 0 Å². The van der Waals surface area contributed by atoms with Gasteiger partial charge in [0, 0.05) is 22.5 Å². The summed E-state index contributed by atoms with van der Waals surface area (Å²) < 4.78 is 3.71. The Morgan fingerprint density at radius 3 is 2.57 bits per heavy atom. The van der Waals surface area contributed by atoms with Crippen LogP contribution in [0.25, 0.3) is 33.9 Å². The van der Waals surface area contributed by atoms with Crippen molar-refractivity contribution in [3.63, 3.8) is 0 Å². The summed E-state index contributed by atoms with van der Waals surface area (Å²) in [5.74, 6) is 1.34. The molecule has 0 unspecified atom stereocenters. The van der Waals surface area contributed by atoms with Crippen LogP contribution in [0.2, 0.25) is 10.0 Å². The molecule has 138 valence electrons. The molecule has 0 N–H and O–H groups in total. The Hall–Kier alpha value is -2.96. The molecule has 0 saturated heterocycles. The van der Waals surface area contributed by atoms with Crippen molar-refractivity contribution in [3.05, 3.63) is 70.2 Å². The molecule has 0 bridgehead atoms. The van der Waals surface area contributed by atoms with E-state index in [2.05, 4.69) is 28.9 Å². The van der Waals surface area contributed by atoms with Crippen LogP contribution < -0.4 is 0 Å². The molecule has 0 amide bonds. The number of aryl methyl sites for hydroxylation is 1. The van der Waals surface area contributed by atoms with Crippen molar-refractivity contribution in [2.45, 2.75) is 13.8 Å². The summed E-state index contributed by atoms with van der Waals surface area (Å²) in [6.45, 7) is 4.11. The van der Waals surface area contributed by atoms with E-state index in [0.29, 0.717) is 15.9 Å². The normalized spacial score (nSPS) is 11.6.